The van der Waals surface area contributed by atoms with Gasteiger partial charge in [-0.2, -0.15) is 0 Å². The Hall–Kier alpha value is -1.26. The van der Waals surface area contributed by atoms with E-state index in [1.165, 1.54) is 16.7 Å². The number of nitrogens with zero attached hydrogens (tertiary/aromatic N) is 1. The van der Waals surface area contributed by atoms with Crippen LogP contribution >= 0.6 is 0 Å². The smallest absolute Gasteiger partial charge is 0.231 e. The van der Waals surface area contributed by atoms with Gasteiger partial charge in [-0.25, -0.2) is 0 Å². The summed E-state index contributed by atoms with van der Waals surface area (Å²) in [6.07, 6.45) is 1.04. The fourth-order valence-corrected chi connectivity index (χ4v) is 2.85. The van der Waals surface area contributed by atoms with Crippen LogP contribution in [0.1, 0.15) is 16.7 Å². The minimum absolute atomic E-state index is 0.360. The normalized spacial score (nSPS) is 18.8. The molecule has 4 nitrogen and oxygen atoms in total. The minimum Gasteiger partial charge on any atom is -0.454 e. The maximum atomic E-state index is 5.65. The summed E-state index contributed by atoms with van der Waals surface area (Å²) in [5.74, 6) is 1.89. The van der Waals surface area contributed by atoms with E-state index >= 15 is 0 Å². The molecule has 1 aromatic rings. The Kier molecular flexibility index (Phi) is 3.62. The zero-order valence-corrected chi connectivity index (χ0v) is 11.8. The Morgan fingerprint density at radius 2 is 2.00 bits per heavy atom. The molecule has 1 N–H and O–H groups in total. The maximum Gasteiger partial charge on any atom is 0.231 e. The second kappa shape index (κ2) is 5.39. The fraction of sp³-hybridized carbons (Fsp3) is 0.600. The van der Waals surface area contributed by atoms with Gasteiger partial charge in [0.2, 0.25) is 6.79 Å². The maximum absolute atomic E-state index is 5.65. The summed E-state index contributed by atoms with van der Waals surface area (Å²) >= 11 is 0. The molecule has 19 heavy (non-hydrogen) atoms. The molecule has 0 aliphatic carbocycles. The minimum atomic E-state index is 0.360. The van der Waals surface area contributed by atoms with Crippen LogP contribution in [-0.2, 0) is 6.42 Å². The molecule has 2 aliphatic rings. The Morgan fingerprint density at radius 3 is 2.79 bits per heavy atom. The van der Waals surface area contributed by atoms with Crippen LogP contribution in [0.4, 0.5) is 0 Å². The summed E-state index contributed by atoms with van der Waals surface area (Å²) in [6, 6.07) is 2.09. The lowest BCUT2D eigenvalue weighted by Crippen LogP contribution is -2.44. The van der Waals surface area contributed by atoms with E-state index in [4.69, 9.17) is 9.47 Å². The highest BCUT2D eigenvalue weighted by Gasteiger charge is 2.21. The molecular formula is C15H22N2O2. The lowest BCUT2D eigenvalue weighted by atomic mass is 9.98. The second-order valence-corrected chi connectivity index (χ2v) is 5.37. The molecule has 0 spiro atoms. The van der Waals surface area contributed by atoms with Crippen LogP contribution in [-0.4, -0.2) is 44.4 Å². The standard InChI is InChI=1S/C15H22N2O2/c1-11-9-14-15(19-10-18-14)13(12(11)2)3-6-17-7-4-16-5-8-17/h9,16H,3-8,10H2,1-2H3. The van der Waals surface area contributed by atoms with Crippen LogP contribution in [0.2, 0.25) is 0 Å². The van der Waals surface area contributed by atoms with Gasteiger partial charge in [-0.1, -0.05) is 0 Å². The summed E-state index contributed by atoms with van der Waals surface area (Å²) in [6.45, 7) is 10.3. The molecular weight excluding hydrogens is 240 g/mol. The molecule has 0 saturated carbocycles. The van der Waals surface area contributed by atoms with Gasteiger partial charge in [-0.05, 0) is 37.5 Å². The largest absolute Gasteiger partial charge is 0.454 e. The van der Waals surface area contributed by atoms with Crippen molar-refractivity contribution in [1.82, 2.24) is 10.2 Å². The van der Waals surface area contributed by atoms with E-state index in [9.17, 15) is 0 Å². The zero-order valence-electron chi connectivity index (χ0n) is 11.8. The Bertz CT molecular complexity index is 468. The number of hydrogen-bond acceptors (Lipinski definition) is 4. The van der Waals surface area contributed by atoms with Crippen molar-refractivity contribution in [2.75, 3.05) is 39.5 Å². The quantitative estimate of drug-likeness (QED) is 0.894. The predicted octanol–water partition coefficient (Wildman–Crippen LogP) is 1.48. The molecule has 2 heterocycles. The van der Waals surface area contributed by atoms with Crippen LogP contribution < -0.4 is 14.8 Å². The van der Waals surface area contributed by atoms with Crippen LogP contribution in [0.15, 0.2) is 6.07 Å². The van der Waals surface area contributed by atoms with Crippen molar-refractivity contribution in [2.24, 2.45) is 0 Å². The first-order chi connectivity index (χ1) is 9.25. The first kappa shape index (κ1) is 12.8. The van der Waals surface area contributed by atoms with Gasteiger partial charge in [0.15, 0.2) is 11.5 Å². The third kappa shape index (κ3) is 2.55. The van der Waals surface area contributed by atoms with Gasteiger partial charge >= 0.3 is 0 Å². The highest BCUT2D eigenvalue weighted by atomic mass is 16.7. The number of aryl methyl sites for hydroxylation is 1. The SMILES string of the molecule is Cc1cc2c(c(CCN3CCNCC3)c1C)OCO2. The summed E-state index contributed by atoms with van der Waals surface area (Å²) in [5, 5.41) is 3.39. The van der Waals surface area contributed by atoms with E-state index in [0.29, 0.717) is 6.79 Å². The van der Waals surface area contributed by atoms with Gasteiger partial charge in [-0.15, -0.1) is 0 Å². The molecule has 0 aromatic heterocycles. The number of fused-ring (bicyclic) bond motifs is 1. The van der Waals surface area contributed by atoms with E-state index in [1.807, 2.05) is 0 Å². The second-order valence-electron chi connectivity index (χ2n) is 5.37. The molecule has 1 fully saturated rings. The Morgan fingerprint density at radius 1 is 1.21 bits per heavy atom. The van der Waals surface area contributed by atoms with Gasteiger partial charge < -0.3 is 19.7 Å². The van der Waals surface area contributed by atoms with Crippen LogP contribution in [0.5, 0.6) is 11.5 Å². The lowest BCUT2D eigenvalue weighted by molar-refractivity contribution is 0.172. The van der Waals surface area contributed by atoms with Gasteiger partial charge in [0.25, 0.3) is 0 Å². The molecule has 1 aromatic carbocycles. The predicted molar refractivity (Wildman–Crippen MR) is 75.1 cm³/mol. The lowest BCUT2D eigenvalue weighted by Gasteiger charge is -2.27. The number of ether oxygens (including phenoxy) is 2. The molecule has 104 valence electrons. The molecule has 0 unspecified atom stereocenters. The zero-order chi connectivity index (χ0) is 13.2. The average molecular weight is 262 g/mol. The summed E-state index contributed by atoms with van der Waals surface area (Å²) < 4.78 is 11.2. The Balaban J connectivity index is 1.76. The van der Waals surface area contributed by atoms with Crippen molar-refractivity contribution in [1.29, 1.82) is 0 Å². The van der Waals surface area contributed by atoms with Crippen molar-refractivity contribution >= 4 is 0 Å². The summed E-state index contributed by atoms with van der Waals surface area (Å²) in [7, 11) is 0. The summed E-state index contributed by atoms with van der Waals surface area (Å²) in [5.41, 5.74) is 3.96. The van der Waals surface area contributed by atoms with Crippen molar-refractivity contribution in [2.45, 2.75) is 20.3 Å². The van der Waals surface area contributed by atoms with E-state index in [0.717, 1.165) is 50.6 Å². The van der Waals surface area contributed by atoms with Crippen LogP contribution in [0, 0.1) is 13.8 Å². The molecule has 2 aliphatic heterocycles. The third-order valence-corrected chi connectivity index (χ3v) is 4.19. The number of rotatable bonds is 3. The van der Waals surface area contributed by atoms with E-state index in [1.54, 1.807) is 0 Å². The monoisotopic (exact) mass is 262 g/mol. The van der Waals surface area contributed by atoms with Crippen LogP contribution in [0.3, 0.4) is 0 Å². The summed E-state index contributed by atoms with van der Waals surface area (Å²) in [4.78, 5) is 2.51. The number of benzene rings is 1. The number of nitrogens with one attached hydrogen (secondary N) is 1. The van der Waals surface area contributed by atoms with Gasteiger partial charge in [-0.3, -0.25) is 0 Å². The first-order valence-corrected chi connectivity index (χ1v) is 7.07. The van der Waals surface area contributed by atoms with Crippen molar-refractivity contribution in [3.8, 4) is 11.5 Å². The topological polar surface area (TPSA) is 33.7 Å². The van der Waals surface area contributed by atoms with Crippen molar-refractivity contribution in [3.05, 3.63) is 22.8 Å². The highest BCUT2D eigenvalue weighted by Crippen LogP contribution is 2.39. The number of piperazine rings is 1. The number of hydrogen-bond donors (Lipinski definition) is 1. The van der Waals surface area contributed by atoms with Gasteiger partial charge in [0, 0.05) is 38.3 Å². The average Bonchev–Trinajstić information content (AvgIpc) is 2.88. The molecule has 0 amide bonds. The molecule has 4 heteroatoms. The van der Waals surface area contributed by atoms with Gasteiger partial charge in [0.05, 0.1) is 0 Å². The molecule has 0 radical (unpaired) electrons. The van der Waals surface area contributed by atoms with E-state index in [2.05, 4.69) is 30.1 Å². The van der Waals surface area contributed by atoms with Crippen molar-refractivity contribution in [3.63, 3.8) is 0 Å². The fourth-order valence-electron chi connectivity index (χ4n) is 2.85. The Labute approximate surface area is 114 Å². The highest BCUT2D eigenvalue weighted by molar-refractivity contribution is 5.55. The van der Waals surface area contributed by atoms with E-state index < -0.39 is 0 Å². The first-order valence-electron chi connectivity index (χ1n) is 7.07. The molecule has 0 bridgehead atoms. The molecule has 0 atom stereocenters. The van der Waals surface area contributed by atoms with E-state index in [-0.39, 0.29) is 0 Å². The van der Waals surface area contributed by atoms with Gasteiger partial charge in [0.1, 0.15) is 0 Å². The van der Waals surface area contributed by atoms with Crippen molar-refractivity contribution < 1.29 is 9.47 Å². The van der Waals surface area contributed by atoms with Crippen LogP contribution in [0.25, 0.3) is 0 Å². The molecule has 1 saturated heterocycles. The third-order valence-electron chi connectivity index (χ3n) is 4.19. The molecule has 3 rings (SSSR count).